The fourth-order valence-electron chi connectivity index (χ4n) is 1.10. The first kappa shape index (κ1) is 13.3. The van der Waals surface area contributed by atoms with Crippen LogP contribution in [-0.2, 0) is 9.59 Å². The SMILES string of the molecule is CCC(=O)NC(S)(CC(C)C)C(=O)O. The predicted octanol–water partition coefficient (Wildman–Crippen LogP) is 1.27. The Balaban J connectivity index is 4.55. The van der Waals surface area contributed by atoms with E-state index in [9.17, 15) is 9.59 Å². The van der Waals surface area contributed by atoms with Crippen LogP contribution >= 0.6 is 12.6 Å². The zero-order valence-electron chi connectivity index (χ0n) is 8.70. The molecule has 5 heteroatoms. The average Bonchev–Trinajstić information content (AvgIpc) is 2.02. The van der Waals surface area contributed by atoms with E-state index in [0.717, 1.165) is 0 Å². The molecule has 0 aliphatic heterocycles. The average molecular weight is 219 g/mol. The topological polar surface area (TPSA) is 66.4 Å². The molecule has 0 bridgehead atoms. The van der Waals surface area contributed by atoms with E-state index in [1.807, 2.05) is 13.8 Å². The van der Waals surface area contributed by atoms with Crippen LogP contribution in [0.15, 0.2) is 0 Å². The first-order chi connectivity index (χ1) is 6.31. The van der Waals surface area contributed by atoms with Gasteiger partial charge in [-0.3, -0.25) is 4.79 Å². The van der Waals surface area contributed by atoms with Crippen molar-refractivity contribution in [1.82, 2.24) is 5.32 Å². The van der Waals surface area contributed by atoms with Crippen LogP contribution in [0.5, 0.6) is 0 Å². The van der Waals surface area contributed by atoms with Crippen LogP contribution in [0.2, 0.25) is 0 Å². The van der Waals surface area contributed by atoms with Crippen molar-refractivity contribution in [2.75, 3.05) is 0 Å². The maximum Gasteiger partial charge on any atom is 0.339 e. The Labute approximate surface area is 89.5 Å². The Morgan fingerprint density at radius 1 is 1.50 bits per heavy atom. The molecule has 0 rings (SSSR count). The number of carboxylic acid groups (broad SMARTS) is 1. The van der Waals surface area contributed by atoms with Crippen molar-refractivity contribution in [3.8, 4) is 0 Å². The van der Waals surface area contributed by atoms with Gasteiger partial charge in [0.2, 0.25) is 5.91 Å². The van der Waals surface area contributed by atoms with Crippen molar-refractivity contribution in [1.29, 1.82) is 0 Å². The van der Waals surface area contributed by atoms with Gasteiger partial charge in [-0.25, -0.2) is 4.79 Å². The smallest absolute Gasteiger partial charge is 0.339 e. The quantitative estimate of drug-likeness (QED) is 0.482. The summed E-state index contributed by atoms with van der Waals surface area (Å²) in [5.41, 5.74) is 0. The molecule has 0 radical (unpaired) electrons. The van der Waals surface area contributed by atoms with Gasteiger partial charge in [0, 0.05) is 6.42 Å². The third-order valence-electron chi connectivity index (χ3n) is 1.72. The van der Waals surface area contributed by atoms with Crippen molar-refractivity contribution in [3.63, 3.8) is 0 Å². The van der Waals surface area contributed by atoms with Gasteiger partial charge >= 0.3 is 5.97 Å². The molecule has 0 spiro atoms. The molecule has 0 aromatic heterocycles. The number of hydrogen-bond acceptors (Lipinski definition) is 3. The largest absolute Gasteiger partial charge is 0.479 e. The first-order valence-electron chi connectivity index (χ1n) is 4.58. The summed E-state index contributed by atoms with van der Waals surface area (Å²) in [4.78, 5) is 20.6. The van der Waals surface area contributed by atoms with E-state index in [-0.39, 0.29) is 18.2 Å². The molecule has 0 aromatic rings. The Morgan fingerprint density at radius 3 is 2.29 bits per heavy atom. The summed E-state index contributed by atoms with van der Waals surface area (Å²) in [6.07, 6.45) is 0.560. The molecule has 0 aliphatic rings. The lowest BCUT2D eigenvalue weighted by molar-refractivity contribution is -0.143. The van der Waals surface area contributed by atoms with Crippen LogP contribution < -0.4 is 5.32 Å². The maximum atomic E-state index is 11.1. The molecular weight excluding hydrogens is 202 g/mol. The van der Waals surface area contributed by atoms with Gasteiger partial charge in [0.15, 0.2) is 4.87 Å². The van der Waals surface area contributed by atoms with Gasteiger partial charge in [0.25, 0.3) is 0 Å². The number of amides is 1. The molecule has 0 fully saturated rings. The highest BCUT2D eigenvalue weighted by Gasteiger charge is 2.36. The molecule has 1 amide bonds. The zero-order valence-corrected chi connectivity index (χ0v) is 9.60. The van der Waals surface area contributed by atoms with E-state index < -0.39 is 10.8 Å². The van der Waals surface area contributed by atoms with Gasteiger partial charge in [-0.2, -0.15) is 0 Å². The van der Waals surface area contributed by atoms with Crippen LogP contribution in [0.25, 0.3) is 0 Å². The van der Waals surface area contributed by atoms with Crippen molar-refractivity contribution < 1.29 is 14.7 Å². The third-order valence-corrected chi connectivity index (χ3v) is 2.21. The zero-order chi connectivity index (χ0) is 11.4. The molecule has 0 saturated heterocycles. The second kappa shape index (κ2) is 5.24. The van der Waals surface area contributed by atoms with Gasteiger partial charge in [0.05, 0.1) is 0 Å². The predicted molar refractivity (Wildman–Crippen MR) is 57.2 cm³/mol. The van der Waals surface area contributed by atoms with Gasteiger partial charge in [0.1, 0.15) is 0 Å². The minimum Gasteiger partial charge on any atom is -0.479 e. The number of thiol groups is 1. The van der Waals surface area contributed by atoms with Crippen molar-refractivity contribution in [3.05, 3.63) is 0 Å². The molecule has 82 valence electrons. The molecule has 0 aromatic carbocycles. The van der Waals surface area contributed by atoms with Crippen molar-refractivity contribution in [2.24, 2.45) is 5.92 Å². The molecular formula is C9H17NO3S. The molecule has 1 atom stereocenters. The van der Waals surface area contributed by atoms with E-state index in [0.29, 0.717) is 6.42 Å². The molecule has 14 heavy (non-hydrogen) atoms. The summed E-state index contributed by atoms with van der Waals surface area (Å²) >= 11 is 4.01. The maximum absolute atomic E-state index is 11.1. The Kier molecular flexibility index (Phi) is 4.97. The fourth-order valence-corrected chi connectivity index (χ4v) is 1.59. The number of hydrogen-bond donors (Lipinski definition) is 3. The van der Waals surface area contributed by atoms with E-state index in [1.165, 1.54) is 0 Å². The summed E-state index contributed by atoms with van der Waals surface area (Å²) < 4.78 is 0. The van der Waals surface area contributed by atoms with Crippen LogP contribution in [-0.4, -0.2) is 21.9 Å². The Morgan fingerprint density at radius 2 is 2.00 bits per heavy atom. The standard InChI is InChI=1S/C9H17NO3S/c1-4-7(11)10-9(14,8(12)13)5-6(2)3/h6,14H,4-5H2,1-3H3,(H,10,11)(H,12,13). The highest BCUT2D eigenvalue weighted by molar-refractivity contribution is 7.82. The molecule has 0 heterocycles. The number of carbonyl (C=O) groups excluding carboxylic acids is 1. The van der Waals surface area contributed by atoms with Crippen LogP contribution in [0.3, 0.4) is 0 Å². The van der Waals surface area contributed by atoms with Gasteiger partial charge in [-0.15, -0.1) is 12.6 Å². The summed E-state index contributed by atoms with van der Waals surface area (Å²) in [6.45, 7) is 5.43. The number of carbonyl (C=O) groups is 2. The second-order valence-corrected chi connectivity index (χ2v) is 4.43. The first-order valence-corrected chi connectivity index (χ1v) is 5.03. The summed E-state index contributed by atoms with van der Waals surface area (Å²) in [5.74, 6) is -1.26. The summed E-state index contributed by atoms with van der Waals surface area (Å²) in [5, 5.41) is 11.3. The van der Waals surface area contributed by atoms with Crippen LogP contribution in [0, 0.1) is 5.92 Å². The molecule has 0 saturated carbocycles. The lowest BCUT2D eigenvalue weighted by Crippen LogP contribution is -2.50. The number of aliphatic carboxylic acids is 1. The monoisotopic (exact) mass is 219 g/mol. The molecule has 2 N–H and O–H groups in total. The minimum atomic E-state index is -1.44. The van der Waals surface area contributed by atoms with Crippen LogP contribution in [0.1, 0.15) is 33.6 Å². The van der Waals surface area contributed by atoms with Crippen molar-refractivity contribution in [2.45, 2.75) is 38.5 Å². The van der Waals surface area contributed by atoms with E-state index in [2.05, 4.69) is 17.9 Å². The lowest BCUT2D eigenvalue weighted by atomic mass is 10.0. The second-order valence-electron chi connectivity index (χ2n) is 3.67. The highest BCUT2D eigenvalue weighted by atomic mass is 32.1. The molecule has 4 nitrogen and oxygen atoms in total. The van der Waals surface area contributed by atoms with E-state index >= 15 is 0 Å². The molecule has 1 unspecified atom stereocenters. The number of carboxylic acids is 1. The minimum absolute atomic E-state index is 0.153. The normalized spacial score (nSPS) is 14.9. The number of nitrogens with one attached hydrogen (secondary N) is 1. The lowest BCUT2D eigenvalue weighted by Gasteiger charge is -2.26. The Hall–Kier alpha value is -0.710. The van der Waals surface area contributed by atoms with Gasteiger partial charge in [-0.05, 0) is 12.3 Å². The van der Waals surface area contributed by atoms with E-state index in [4.69, 9.17) is 5.11 Å². The van der Waals surface area contributed by atoms with Crippen LogP contribution in [0.4, 0.5) is 0 Å². The van der Waals surface area contributed by atoms with Gasteiger partial charge in [-0.1, -0.05) is 20.8 Å². The fraction of sp³-hybridized carbons (Fsp3) is 0.778. The van der Waals surface area contributed by atoms with E-state index in [1.54, 1.807) is 6.92 Å². The summed E-state index contributed by atoms with van der Waals surface area (Å²) in [6, 6.07) is 0. The highest BCUT2D eigenvalue weighted by Crippen LogP contribution is 2.21. The summed E-state index contributed by atoms with van der Waals surface area (Å²) in [7, 11) is 0. The van der Waals surface area contributed by atoms with Crippen molar-refractivity contribution >= 4 is 24.5 Å². The third kappa shape index (κ3) is 4.00. The Bertz CT molecular complexity index is 230. The van der Waals surface area contributed by atoms with Gasteiger partial charge < -0.3 is 10.4 Å². The molecule has 0 aliphatic carbocycles. The number of rotatable bonds is 5.